The highest BCUT2D eigenvalue weighted by Crippen LogP contribution is 2.34. The van der Waals surface area contributed by atoms with E-state index < -0.39 is 26.4 Å². The molecule has 13 heteroatoms. The Balaban J connectivity index is 1.55. The average Bonchev–Trinajstić information content (AvgIpc) is 3.50. The average molecular weight is 546 g/mol. The third-order valence-electron chi connectivity index (χ3n) is 5.20. The highest BCUT2D eigenvalue weighted by atomic mass is 35.5. The van der Waals surface area contributed by atoms with Crippen LogP contribution in [-0.2, 0) is 16.4 Å². The normalized spacial score (nSPS) is 11.6. The first-order valence-corrected chi connectivity index (χ1v) is 12.5. The summed E-state index contributed by atoms with van der Waals surface area (Å²) in [5.41, 5.74) is 1.45. The lowest BCUT2D eigenvalue weighted by Gasteiger charge is -2.08. The zero-order valence-electron chi connectivity index (χ0n) is 18.0. The van der Waals surface area contributed by atoms with Crippen molar-refractivity contribution in [3.63, 3.8) is 0 Å². The second-order valence-electron chi connectivity index (χ2n) is 7.51. The summed E-state index contributed by atoms with van der Waals surface area (Å²) in [5.74, 6) is -1.27. The molecular weight excluding hydrogens is 532 g/mol. The monoisotopic (exact) mass is 545 g/mol. The van der Waals surface area contributed by atoms with E-state index in [-0.39, 0.29) is 33.0 Å². The lowest BCUT2D eigenvalue weighted by Crippen LogP contribution is -2.07. The van der Waals surface area contributed by atoms with E-state index in [4.69, 9.17) is 27.7 Å². The van der Waals surface area contributed by atoms with Crippen LogP contribution in [0.25, 0.3) is 22.9 Å². The molecular formula is C23H14Cl2FN5O4S. The van der Waals surface area contributed by atoms with Crippen LogP contribution >= 0.6 is 23.2 Å². The molecule has 3 heterocycles. The fourth-order valence-corrected chi connectivity index (χ4v) is 5.46. The number of aromatic hydroxyl groups is 1. The predicted molar refractivity (Wildman–Crippen MR) is 128 cm³/mol. The Bertz CT molecular complexity index is 1690. The highest BCUT2D eigenvalue weighted by Gasteiger charge is 2.27. The van der Waals surface area contributed by atoms with Crippen molar-refractivity contribution in [3.8, 4) is 28.8 Å². The zero-order valence-corrected chi connectivity index (χ0v) is 20.3. The Labute approximate surface area is 213 Å². The minimum atomic E-state index is -4.26. The maximum absolute atomic E-state index is 14.3. The summed E-state index contributed by atoms with van der Waals surface area (Å²) in [6.45, 7) is 0.0579. The molecule has 0 fully saturated rings. The fraction of sp³-hybridized carbons (Fsp3) is 0.0435. The molecule has 0 unspecified atom stereocenters. The van der Waals surface area contributed by atoms with Crippen molar-refractivity contribution in [2.24, 2.45) is 0 Å². The third kappa shape index (κ3) is 4.43. The summed E-state index contributed by atoms with van der Waals surface area (Å²) in [4.78, 5) is 7.24. The molecule has 3 aromatic heterocycles. The Hall–Kier alpha value is -3.80. The largest absolute Gasteiger partial charge is 0.492 e. The van der Waals surface area contributed by atoms with E-state index >= 15 is 0 Å². The van der Waals surface area contributed by atoms with Crippen molar-refractivity contribution in [3.05, 3.63) is 88.5 Å². The van der Waals surface area contributed by atoms with E-state index in [9.17, 15) is 17.9 Å². The van der Waals surface area contributed by atoms with Gasteiger partial charge < -0.3 is 9.63 Å². The predicted octanol–water partition coefficient (Wildman–Crippen LogP) is 5.03. The van der Waals surface area contributed by atoms with Crippen LogP contribution in [0.4, 0.5) is 4.39 Å². The van der Waals surface area contributed by atoms with Crippen molar-refractivity contribution < 1.29 is 22.4 Å². The Morgan fingerprint density at radius 2 is 1.83 bits per heavy atom. The zero-order chi connectivity index (χ0) is 25.4. The van der Waals surface area contributed by atoms with E-state index in [0.717, 1.165) is 6.20 Å². The Morgan fingerprint density at radius 3 is 2.53 bits per heavy atom. The van der Waals surface area contributed by atoms with Gasteiger partial charge in [0.05, 0.1) is 28.4 Å². The third-order valence-corrected chi connectivity index (χ3v) is 7.66. The topological polar surface area (TPSA) is 124 Å². The van der Waals surface area contributed by atoms with Crippen LogP contribution in [-0.4, -0.2) is 38.4 Å². The Kier molecular flexibility index (Phi) is 6.20. The fourth-order valence-electron chi connectivity index (χ4n) is 3.47. The van der Waals surface area contributed by atoms with Crippen LogP contribution in [0.5, 0.6) is 5.88 Å². The lowest BCUT2D eigenvalue weighted by molar-refractivity contribution is 0.421. The molecule has 182 valence electrons. The van der Waals surface area contributed by atoms with E-state index in [1.54, 1.807) is 30.3 Å². The summed E-state index contributed by atoms with van der Waals surface area (Å²) in [5, 5.41) is 19.0. The first-order valence-electron chi connectivity index (χ1n) is 10.2. The lowest BCUT2D eigenvalue weighted by atomic mass is 10.2. The van der Waals surface area contributed by atoms with Gasteiger partial charge in [-0.1, -0.05) is 46.6 Å². The van der Waals surface area contributed by atoms with Gasteiger partial charge in [-0.3, -0.25) is 4.68 Å². The summed E-state index contributed by atoms with van der Waals surface area (Å²) in [6.07, 6.45) is 2.34. The number of benzene rings is 2. The molecule has 0 bridgehead atoms. The molecule has 0 amide bonds. The number of aromatic nitrogens is 5. The number of hydrogen-bond donors (Lipinski definition) is 1. The van der Waals surface area contributed by atoms with Gasteiger partial charge in [-0.15, -0.1) is 0 Å². The standard InChI is InChI=1S/C23H14Cl2FN5O4S/c24-14-5-6-20(15(25)9-14)36(33,34)21-11-27-22(28-23(21)32)18-10-19(17-7-8-35-30-17)31(29-18)12-13-3-1-2-4-16(13)26/h1-11H,12H2,(H,27,28,32). The molecule has 0 atom stereocenters. The van der Waals surface area contributed by atoms with Gasteiger partial charge in [0, 0.05) is 16.7 Å². The summed E-state index contributed by atoms with van der Waals surface area (Å²) < 4.78 is 46.8. The second-order valence-corrected chi connectivity index (χ2v) is 10.2. The first kappa shape index (κ1) is 23.9. The summed E-state index contributed by atoms with van der Waals surface area (Å²) >= 11 is 11.9. The molecule has 0 saturated carbocycles. The van der Waals surface area contributed by atoms with Crippen LogP contribution in [0.2, 0.25) is 10.0 Å². The van der Waals surface area contributed by atoms with Crippen LogP contribution < -0.4 is 0 Å². The molecule has 0 radical (unpaired) electrons. The van der Waals surface area contributed by atoms with Crippen molar-refractivity contribution in [2.45, 2.75) is 16.3 Å². The molecule has 5 aromatic rings. The molecule has 0 spiro atoms. The molecule has 0 aliphatic rings. The van der Waals surface area contributed by atoms with E-state index in [2.05, 4.69) is 20.2 Å². The molecule has 0 saturated heterocycles. The maximum Gasteiger partial charge on any atom is 0.234 e. The Morgan fingerprint density at radius 1 is 1.03 bits per heavy atom. The van der Waals surface area contributed by atoms with Crippen LogP contribution in [0.15, 0.2) is 81.4 Å². The minimum Gasteiger partial charge on any atom is -0.492 e. The quantitative estimate of drug-likeness (QED) is 0.315. The number of sulfone groups is 1. The number of rotatable bonds is 6. The van der Waals surface area contributed by atoms with Crippen molar-refractivity contribution >= 4 is 33.0 Å². The number of halogens is 3. The van der Waals surface area contributed by atoms with Crippen molar-refractivity contribution in [1.82, 2.24) is 24.9 Å². The highest BCUT2D eigenvalue weighted by molar-refractivity contribution is 7.91. The van der Waals surface area contributed by atoms with Gasteiger partial charge in [-0.25, -0.2) is 17.8 Å². The second kappa shape index (κ2) is 9.34. The van der Waals surface area contributed by atoms with Gasteiger partial charge in [0.1, 0.15) is 23.5 Å². The molecule has 9 nitrogen and oxygen atoms in total. The SMILES string of the molecule is O=S(=O)(c1ccc(Cl)cc1Cl)c1cnc(-c2cc(-c3ccon3)n(Cc3ccccc3F)n2)nc1O. The van der Waals surface area contributed by atoms with Gasteiger partial charge in [-0.05, 0) is 30.3 Å². The molecule has 36 heavy (non-hydrogen) atoms. The van der Waals surface area contributed by atoms with Gasteiger partial charge in [0.15, 0.2) is 10.7 Å². The number of hydrogen-bond acceptors (Lipinski definition) is 8. The van der Waals surface area contributed by atoms with Crippen molar-refractivity contribution in [1.29, 1.82) is 0 Å². The number of nitrogens with zero attached hydrogens (tertiary/aromatic N) is 5. The van der Waals surface area contributed by atoms with E-state index in [1.165, 1.54) is 35.2 Å². The van der Waals surface area contributed by atoms with Crippen LogP contribution in [0.3, 0.4) is 0 Å². The molecule has 0 aliphatic heterocycles. The van der Waals surface area contributed by atoms with E-state index in [1.807, 2.05) is 0 Å². The summed E-state index contributed by atoms with van der Waals surface area (Å²) in [6, 6.07) is 13.3. The molecule has 2 aromatic carbocycles. The van der Waals surface area contributed by atoms with Crippen LogP contribution in [0, 0.1) is 5.82 Å². The van der Waals surface area contributed by atoms with Gasteiger partial charge in [0.2, 0.25) is 15.7 Å². The van der Waals surface area contributed by atoms with Crippen LogP contribution in [0.1, 0.15) is 5.56 Å². The minimum absolute atomic E-state index is 0.0579. The molecule has 1 N–H and O–H groups in total. The van der Waals surface area contributed by atoms with Gasteiger partial charge in [0.25, 0.3) is 0 Å². The van der Waals surface area contributed by atoms with Crippen molar-refractivity contribution in [2.75, 3.05) is 0 Å². The molecule has 0 aliphatic carbocycles. The van der Waals surface area contributed by atoms with Gasteiger partial charge in [-0.2, -0.15) is 10.1 Å². The molecule has 5 rings (SSSR count). The summed E-state index contributed by atoms with van der Waals surface area (Å²) in [7, 11) is -4.26. The maximum atomic E-state index is 14.3. The van der Waals surface area contributed by atoms with E-state index in [0.29, 0.717) is 17.0 Å². The smallest absolute Gasteiger partial charge is 0.234 e. The first-order chi connectivity index (χ1) is 17.2. The van der Waals surface area contributed by atoms with Gasteiger partial charge >= 0.3 is 0 Å².